The van der Waals surface area contributed by atoms with Crippen molar-refractivity contribution in [3.05, 3.63) is 76.5 Å². The van der Waals surface area contributed by atoms with Crippen molar-refractivity contribution < 1.29 is 9.53 Å². The summed E-state index contributed by atoms with van der Waals surface area (Å²) in [5, 5.41) is 4.61. The number of hydrogen-bond acceptors (Lipinski definition) is 3. The van der Waals surface area contributed by atoms with Gasteiger partial charge in [-0.25, -0.2) is 0 Å². The average molecular weight is 351 g/mol. The molecule has 0 radical (unpaired) electrons. The summed E-state index contributed by atoms with van der Waals surface area (Å²) in [4.78, 5) is 16.8. The van der Waals surface area contributed by atoms with Crippen LogP contribution in [0.15, 0.2) is 60.3 Å². The second kappa shape index (κ2) is 6.57. The summed E-state index contributed by atoms with van der Waals surface area (Å²) in [5.41, 5.74) is 3.34. The van der Waals surface area contributed by atoms with Crippen molar-refractivity contribution in [3.8, 4) is 5.75 Å². The van der Waals surface area contributed by atoms with Gasteiger partial charge in [0, 0.05) is 28.7 Å². The number of carbonyl (C=O) groups excluding carboxylic acids is 1. The third kappa shape index (κ3) is 3.21. The van der Waals surface area contributed by atoms with Crippen molar-refractivity contribution in [3.63, 3.8) is 0 Å². The maximum absolute atomic E-state index is 12.5. The quantitative estimate of drug-likeness (QED) is 0.777. The summed E-state index contributed by atoms with van der Waals surface area (Å²) in [6, 6.07) is 15.2. The van der Waals surface area contributed by atoms with E-state index in [0.717, 1.165) is 27.8 Å². The third-order valence-electron chi connectivity index (χ3n) is 4.16. The van der Waals surface area contributed by atoms with E-state index in [4.69, 9.17) is 16.3 Å². The van der Waals surface area contributed by atoms with Crippen LogP contribution in [0.1, 0.15) is 11.1 Å². The molecule has 3 aromatic rings. The Labute approximate surface area is 150 Å². The van der Waals surface area contributed by atoms with E-state index in [1.165, 1.54) is 0 Å². The molecule has 4 nitrogen and oxygen atoms in total. The fraction of sp³-hybridized carbons (Fsp3) is 0.100. The van der Waals surface area contributed by atoms with E-state index < -0.39 is 0 Å². The van der Waals surface area contributed by atoms with Crippen LogP contribution < -0.4 is 10.1 Å². The van der Waals surface area contributed by atoms with Gasteiger partial charge >= 0.3 is 0 Å². The molecule has 2 heterocycles. The average Bonchev–Trinajstić information content (AvgIpc) is 2.65. The Bertz CT molecular complexity index is 993. The Hall–Kier alpha value is -2.85. The first kappa shape index (κ1) is 15.7. The Morgan fingerprint density at radius 3 is 3.00 bits per heavy atom. The number of halogens is 1. The Balaban J connectivity index is 1.53. The minimum Gasteiger partial charge on any atom is -0.488 e. The Kier molecular flexibility index (Phi) is 4.12. The molecule has 1 aliphatic rings. The first-order valence-corrected chi connectivity index (χ1v) is 8.32. The third-order valence-corrected chi connectivity index (χ3v) is 4.39. The predicted octanol–water partition coefficient (Wildman–Crippen LogP) is 3.98. The van der Waals surface area contributed by atoms with Gasteiger partial charge in [-0.1, -0.05) is 29.8 Å². The minimum atomic E-state index is -0.147. The van der Waals surface area contributed by atoms with Crippen LogP contribution in [-0.4, -0.2) is 17.5 Å². The van der Waals surface area contributed by atoms with E-state index in [2.05, 4.69) is 10.3 Å². The van der Waals surface area contributed by atoms with E-state index in [-0.39, 0.29) is 12.5 Å². The maximum atomic E-state index is 12.5. The highest BCUT2D eigenvalue weighted by Crippen LogP contribution is 2.29. The monoisotopic (exact) mass is 350 g/mol. The molecule has 124 valence electrons. The van der Waals surface area contributed by atoms with Crippen LogP contribution in [0.4, 0.5) is 0 Å². The maximum Gasteiger partial charge on any atom is 0.250 e. The van der Waals surface area contributed by atoms with Gasteiger partial charge in [0.1, 0.15) is 12.4 Å². The zero-order valence-corrected chi connectivity index (χ0v) is 14.1. The largest absolute Gasteiger partial charge is 0.488 e. The molecule has 0 bridgehead atoms. The number of aromatic nitrogens is 1. The number of carbonyl (C=O) groups is 1. The fourth-order valence-electron chi connectivity index (χ4n) is 2.88. The molecule has 1 N–H and O–H groups in total. The summed E-state index contributed by atoms with van der Waals surface area (Å²) < 4.78 is 5.64. The molecule has 0 spiro atoms. The van der Waals surface area contributed by atoms with Gasteiger partial charge in [-0.2, -0.15) is 0 Å². The van der Waals surface area contributed by atoms with E-state index in [1.807, 2.05) is 42.5 Å². The lowest BCUT2D eigenvalue weighted by Crippen LogP contribution is -2.28. The summed E-state index contributed by atoms with van der Waals surface area (Å²) in [6.07, 6.45) is 3.58. The standard InChI is InChI=1S/C20H15ClN2O2/c21-16-5-6-19-14(10-16)9-15(12-25-19)20(24)23-11-13-7-8-22-18-4-2-1-3-17(13)18/h1-10H,11-12H2,(H,23,24). The highest BCUT2D eigenvalue weighted by molar-refractivity contribution is 6.30. The smallest absolute Gasteiger partial charge is 0.250 e. The second-order valence-corrected chi connectivity index (χ2v) is 6.25. The zero-order valence-electron chi connectivity index (χ0n) is 13.3. The molecule has 4 rings (SSSR count). The summed E-state index contributed by atoms with van der Waals surface area (Å²) in [5.74, 6) is 0.590. The fourth-order valence-corrected chi connectivity index (χ4v) is 3.06. The van der Waals surface area contributed by atoms with Gasteiger partial charge in [0.25, 0.3) is 5.91 Å². The van der Waals surface area contributed by atoms with Crippen LogP contribution in [0.3, 0.4) is 0 Å². The normalized spacial score (nSPS) is 12.9. The number of pyridine rings is 1. The highest BCUT2D eigenvalue weighted by atomic mass is 35.5. The number of amides is 1. The SMILES string of the molecule is O=C(NCc1ccnc2ccccc12)C1=Cc2cc(Cl)ccc2OC1. The molecular formula is C20H15ClN2O2. The molecule has 1 amide bonds. The molecule has 0 saturated heterocycles. The van der Waals surface area contributed by atoms with Crippen molar-refractivity contribution in [1.82, 2.24) is 10.3 Å². The van der Waals surface area contributed by atoms with Crippen molar-refractivity contribution in [2.45, 2.75) is 6.54 Å². The van der Waals surface area contributed by atoms with Gasteiger partial charge in [0.2, 0.25) is 0 Å². The number of benzene rings is 2. The topological polar surface area (TPSA) is 51.2 Å². The van der Waals surface area contributed by atoms with E-state index in [1.54, 1.807) is 18.3 Å². The highest BCUT2D eigenvalue weighted by Gasteiger charge is 2.17. The number of hydrogen-bond donors (Lipinski definition) is 1. The molecule has 0 fully saturated rings. The molecule has 2 aromatic carbocycles. The number of nitrogens with zero attached hydrogens (tertiary/aromatic N) is 1. The Morgan fingerprint density at radius 2 is 2.08 bits per heavy atom. The summed E-state index contributed by atoms with van der Waals surface area (Å²) >= 11 is 6.01. The molecule has 0 atom stereocenters. The molecule has 5 heteroatoms. The Morgan fingerprint density at radius 1 is 1.20 bits per heavy atom. The molecule has 0 saturated carbocycles. The van der Waals surface area contributed by atoms with E-state index in [9.17, 15) is 4.79 Å². The number of ether oxygens (including phenoxy) is 1. The van der Waals surface area contributed by atoms with Crippen molar-refractivity contribution in [2.75, 3.05) is 6.61 Å². The van der Waals surface area contributed by atoms with Gasteiger partial charge in [0.15, 0.2) is 0 Å². The van der Waals surface area contributed by atoms with Crippen molar-refractivity contribution >= 4 is 34.5 Å². The van der Waals surface area contributed by atoms with Crippen molar-refractivity contribution in [2.24, 2.45) is 0 Å². The molecule has 25 heavy (non-hydrogen) atoms. The zero-order chi connectivity index (χ0) is 17.2. The lowest BCUT2D eigenvalue weighted by molar-refractivity contribution is -0.117. The minimum absolute atomic E-state index is 0.147. The van der Waals surface area contributed by atoms with E-state index >= 15 is 0 Å². The number of rotatable bonds is 3. The van der Waals surface area contributed by atoms with Crippen molar-refractivity contribution in [1.29, 1.82) is 0 Å². The first-order valence-electron chi connectivity index (χ1n) is 7.94. The molecule has 0 aliphatic carbocycles. The summed E-state index contributed by atoms with van der Waals surface area (Å²) in [6.45, 7) is 0.680. The van der Waals surface area contributed by atoms with Gasteiger partial charge in [-0.15, -0.1) is 0 Å². The van der Waals surface area contributed by atoms with Crippen LogP contribution in [0.5, 0.6) is 5.75 Å². The van der Waals surface area contributed by atoms with Crippen LogP contribution in [0.25, 0.3) is 17.0 Å². The lowest BCUT2D eigenvalue weighted by atomic mass is 10.1. The molecule has 1 aromatic heterocycles. The lowest BCUT2D eigenvalue weighted by Gasteiger charge is -2.18. The van der Waals surface area contributed by atoms with Gasteiger partial charge in [0.05, 0.1) is 11.1 Å². The number of fused-ring (bicyclic) bond motifs is 2. The molecule has 1 aliphatic heterocycles. The predicted molar refractivity (Wildman–Crippen MR) is 98.5 cm³/mol. The van der Waals surface area contributed by atoms with Crippen LogP contribution in [-0.2, 0) is 11.3 Å². The molecular weight excluding hydrogens is 336 g/mol. The van der Waals surface area contributed by atoms with Gasteiger partial charge < -0.3 is 10.1 Å². The summed E-state index contributed by atoms with van der Waals surface area (Å²) in [7, 11) is 0. The number of nitrogens with one attached hydrogen (secondary N) is 1. The van der Waals surface area contributed by atoms with E-state index in [0.29, 0.717) is 17.1 Å². The van der Waals surface area contributed by atoms with Gasteiger partial charge in [-0.05, 0) is 42.0 Å². The first-order chi connectivity index (χ1) is 12.2. The number of para-hydroxylation sites is 1. The van der Waals surface area contributed by atoms with Gasteiger partial charge in [-0.3, -0.25) is 9.78 Å². The van der Waals surface area contributed by atoms with Crippen LogP contribution in [0.2, 0.25) is 5.02 Å². The molecule has 0 unspecified atom stereocenters. The van der Waals surface area contributed by atoms with Crippen LogP contribution >= 0.6 is 11.6 Å². The van der Waals surface area contributed by atoms with Crippen LogP contribution in [0, 0.1) is 0 Å². The second-order valence-electron chi connectivity index (χ2n) is 5.81.